The molecule has 0 saturated carbocycles. The maximum Gasteiger partial charge on any atom is 0.229 e. The zero-order chi connectivity index (χ0) is 15.2. The Kier molecular flexibility index (Phi) is 4.82. The molecule has 0 unspecified atom stereocenters. The van der Waals surface area contributed by atoms with Crippen molar-refractivity contribution in [2.75, 3.05) is 5.32 Å². The molecule has 0 saturated heterocycles. The average Bonchev–Trinajstić information content (AvgIpc) is 2.46. The molecule has 0 aliphatic carbocycles. The van der Waals surface area contributed by atoms with Crippen LogP contribution in [0, 0.1) is 6.92 Å². The van der Waals surface area contributed by atoms with Crippen LogP contribution in [-0.2, 0) is 4.79 Å². The standard InChI is InChI=1S/C17H19N3O/c1-4-5-7-12(2)10-16(21)19-17-14-9-6-8-13(3)15(14)11-18-20-17/h4-9,11H,10H2,1-3H3,(H,19,20,21). The number of benzene rings is 1. The van der Waals surface area contributed by atoms with Crippen LogP contribution in [0.3, 0.4) is 0 Å². The molecule has 108 valence electrons. The molecule has 21 heavy (non-hydrogen) atoms. The molecular formula is C17H19N3O. The van der Waals surface area contributed by atoms with Gasteiger partial charge in [-0.05, 0) is 26.3 Å². The summed E-state index contributed by atoms with van der Waals surface area (Å²) in [6.45, 7) is 5.88. The van der Waals surface area contributed by atoms with Crippen LogP contribution < -0.4 is 5.32 Å². The van der Waals surface area contributed by atoms with Crippen molar-refractivity contribution in [3.63, 3.8) is 0 Å². The van der Waals surface area contributed by atoms with Gasteiger partial charge in [-0.25, -0.2) is 0 Å². The van der Waals surface area contributed by atoms with E-state index in [1.54, 1.807) is 6.20 Å². The molecule has 1 aromatic carbocycles. The second-order valence-corrected chi connectivity index (χ2v) is 4.99. The Balaban J connectivity index is 2.20. The minimum absolute atomic E-state index is 0.0865. The molecular weight excluding hydrogens is 262 g/mol. The first-order chi connectivity index (χ1) is 10.1. The van der Waals surface area contributed by atoms with Gasteiger partial charge in [0, 0.05) is 17.2 Å². The Morgan fingerprint density at radius 3 is 2.90 bits per heavy atom. The fourth-order valence-electron chi connectivity index (χ4n) is 2.10. The van der Waals surface area contributed by atoms with Crippen molar-refractivity contribution in [3.05, 3.63) is 53.8 Å². The van der Waals surface area contributed by atoms with E-state index in [1.807, 2.05) is 57.2 Å². The van der Waals surface area contributed by atoms with E-state index in [9.17, 15) is 4.79 Å². The molecule has 0 radical (unpaired) electrons. The van der Waals surface area contributed by atoms with Crippen molar-refractivity contribution in [1.82, 2.24) is 10.2 Å². The third-order valence-corrected chi connectivity index (χ3v) is 3.19. The van der Waals surface area contributed by atoms with E-state index in [0.717, 1.165) is 21.9 Å². The van der Waals surface area contributed by atoms with Crippen molar-refractivity contribution in [2.24, 2.45) is 0 Å². The maximum atomic E-state index is 12.1. The lowest BCUT2D eigenvalue weighted by atomic mass is 10.1. The van der Waals surface area contributed by atoms with Crippen molar-refractivity contribution in [1.29, 1.82) is 0 Å². The molecule has 4 nitrogen and oxygen atoms in total. The third kappa shape index (κ3) is 3.75. The predicted octanol–water partition coefficient (Wildman–Crippen LogP) is 3.79. The summed E-state index contributed by atoms with van der Waals surface area (Å²) < 4.78 is 0. The molecule has 0 atom stereocenters. The third-order valence-electron chi connectivity index (χ3n) is 3.19. The fraction of sp³-hybridized carbons (Fsp3) is 0.235. The van der Waals surface area contributed by atoms with Crippen molar-refractivity contribution in [2.45, 2.75) is 27.2 Å². The molecule has 0 spiro atoms. The number of carbonyl (C=O) groups excluding carboxylic acids is 1. The van der Waals surface area contributed by atoms with Gasteiger partial charge >= 0.3 is 0 Å². The number of amides is 1. The summed E-state index contributed by atoms with van der Waals surface area (Å²) in [5.41, 5.74) is 2.11. The summed E-state index contributed by atoms with van der Waals surface area (Å²) in [6.07, 6.45) is 7.84. The summed E-state index contributed by atoms with van der Waals surface area (Å²) in [7, 11) is 0. The molecule has 0 aliphatic heterocycles. The summed E-state index contributed by atoms with van der Waals surface area (Å²) in [5.74, 6) is 0.427. The van der Waals surface area contributed by atoms with Gasteiger partial charge < -0.3 is 5.32 Å². The van der Waals surface area contributed by atoms with Gasteiger partial charge in [0.25, 0.3) is 0 Å². The quantitative estimate of drug-likeness (QED) is 0.867. The Bertz CT molecular complexity index is 717. The van der Waals surface area contributed by atoms with Crippen molar-refractivity contribution >= 4 is 22.5 Å². The molecule has 1 amide bonds. The second kappa shape index (κ2) is 6.79. The van der Waals surface area contributed by atoms with Gasteiger partial charge in [0.05, 0.1) is 6.20 Å². The summed E-state index contributed by atoms with van der Waals surface area (Å²) in [6, 6.07) is 5.90. The van der Waals surface area contributed by atoms with Gasteiger partial charge in [-0.3, -0.25) is 4.79 Å². The first kappa shape index (κ1) is 14.9. The highest BCUT2D eigenvalue weighted by molar-refractivity contribution is 6.01. The maximum absolute atomic E-state index is 12.1. The van der Waals surface area contributed by atoms with Crippen LogP contribution in [0.25, 0.3) is 10.8 Å². The van der Waals surface area contributed by atoms with E-state index in [0.29, 0.717) is 12.2 Å². The zero-order valence-corrected chi connectivity index (χ0v) is 12.6. The number of hydrogen-bond donors (Lipinski definition) is 1. The van der Waals surface area contributed by atoms with Gasteiger partial charge in [-0.2, -0.15) is 5.10 Å². The summed E-state index contributed by atoms with van der Waals surface area (Å²) >= 11 is 0. The smallest absolute Gasteiger partial charge is 0.229 e. The number of nitrogens with one attached hydrogen (secondary N) is 1. The SMILES string of the molecule is CC=CC=C(C)CC(=O)Nc1nncc2c(C)cccc12. The zero-order valence-electron chi connectivity index (χ0n) is 12.6. The number of carbonyl (C=O) groups is 1. The lowest BCUT2D eigenvalue weighted by Crippen LogP contribution is -2.13. The van der Waals surface area contributed by atoms with E-state index < -0.39 is 0 Å². The molecule has 0 aliphatic rings. The number of hydrogen-bond acceptors (Lipinski definition) is 3. The fourth-order valence-corrected chi connectivity index (χ4v) is 2.10. The first-order valence-electron chi connectivity index (χ1n) is 6.91. The Morgan fingerprint density at radius 1 is 1.33 bits per heavy atom. The second-order valence-electron chi connectivity index (χ2n) is 4.99. The minimum atomic E-state index is -0.0865. The molecule has 0 bridgehead atoms. The number of nitrogens with zero attached hydrogens (tertiary/aromatic N) is 2. The molecule has 0 fully saturated rings. The van der Waals surface area contributed by atoms with Gasteiger partial charge in [-0.1, -0.05) is 42.0 Å². The number of anilines is 1. The largest absolute Gasteiger partial charge is 0.308 e. The molecule has 1 heterocycles. The van der Waals surface area contributed by atoms with Crippen LogP contribution in [0.15, 0.2) is 48.2 Å². The normalized spacial score (nSPS) is 12.0. The number of aryl methyl sites for hydroxylation is 1. The Labute approximate surface area is 124 Å². The van der Waals surface area contributed by atoms with Gasteiger partial charge in [-0.15, -0.1) is 5.10 Å². The molecule has 1 aromatic heterocycles. The van der Waals surface area contributed by atoms with Gasteiger partial charge in [0.2, 0.25) is 5.91 Å². The first-order valence-corrected chi connectivity index (χ1v) is 6.91. The van der Waals surface area contributed by atoms with Gasteiger partial charge in [0.1, 0.15) is 0 Å². The Hall–Kier alpha value is -2.49. The highest BCUT2D eigenvalue weighted by Gasteiger charge is 2.09. The van der Waals surface area contributed by atoms with Gasteiger partial charge in [0.15, 0.2) is 5.82 Å². The molecule has 1 N–H and O–H groups in total. The van der Waals surface area contributed by atoms with E-state index in [-0.39, 0.29) is 5.91 Å². The molecule has 2 rings (SSSR count). The molecule has 4 heteroatoms. The number of allylic oxidation sites excluding steroid dienone is 3. The van der Waals surface area contributed by atoms with Crippen LogP contribution in [0.2, 0.25) is 0 Å². The van der Waals surface area contributed by atoms with E-state index in [1.165, 1.54) is 0 Å². The number of aromatic nitrogens is 2. The average molecular weight is 281 g/mol. The van der Waals surface area contributed by atoms with Crippen molar-refractivity contribution in [3.8, 4) is 0 Å². The van der Waals surface area contributed by atoms with Crippen molar-refractivity contribution < 1.29 is 4.79 Å². The van der Waals surface area contributed by atoms with E-state index in [2.05, 4.69) is 15.5 Å². The highest BCUT2D eigenvalue weighted by Crippen LogP contribution is 2.22. The highest BCUT2D eigenvalue weighted by atomic mass is 16.1. The number of rotatable bonds is 4. The summed E-state index contributed by atoms with van der Waals surface area (Å²) in [4.78, 5) is 12.1. The summed E-state index contributed by atoms with van der Waals surface area (Å²) in [5, 5.41) is 12.8. The van der Waals surface area contributed by atoms with Crippen LogP contribution in [-0.4, -0.2) is 16.1 Å². The molecule has 2 aromatic rings. The van der Waals surface area contributed by atoms with E-state index in [4.69, 9.17) is 0 Å². The topological polar surface area (TPSA) is 54.9 Å². The lowest BCUT2D eigenvalue weighted by Gasteiger charge is -2.08. The number of fused-ring (bicyclic) bond motifs is 1. The monoisotopic (exact) mass is 281 g/mol. The van der Waals surface area contributed by atoms with E-state index >= 15 is 0 Å². The predicted molar refractivity (Wildman–Crippen MR) is 86.1 cm³/mol. The lowest BCUT2D eigenvalue weighted by molar-refractivity contribution is -0.115. The van der Waals surface area contributed by atoms with Crippen LogP contribution in [0.1, 0.15) is 25.8 Å². The minimum Gasteiger partial charge on any atom is -0.308 e. The van der Waals surface area contributed by atoms with Crippen LogP contribution in [0.4, 0.5) is 5.82 Å². The van der Waals surface area contributed by atoms with Crippen LogP contribution >= 0.6 is 0 Å². The van der Waals surface area contributed by atoms with Crippen LogP contribution in [0.5, 0.6) is 0 Å². The Morgan fingerprint density at radius 2 is 2.14 bits per heavy atom.